The van der Waals surface area contributed by atoms with Gasteiger partial charge in [0.05, 0.1) is 19.9 Å². The van der Waals surface area contributed by atoms with E-state index >= 15 is 0 Å². The second-order valence-corrected chi connectivity index (χ2v) is 6.59. The van der Waals surface area contributed by atoms with Crippen LogP contribution in [0, 0.1) is 5.92 Å². The van der Waals surface area contributed by atoms with Gasteiger partial charge in [-0.05, 0) is 37.0 Å². The monoisotopic (exact) mass is 318 g/mol. The van der Waals surface area contributed by atoms with Gasteiger partial charge in [0, 0.05) is 24.0 Å². The molecule has 1 saturated heterocycles. The lowest BCUT2D eigenvalue weighted by Crippen LogP contribution is -2.32. The molecule has 0 atom stereocenters. The summed E-state index contributed by atoms with van der Waals surface area (Å²) in [6.07, 6.45) is 2.51. The van der Waals surface area contributed by atoms with Gasteiger partial charge in [-0.3, -0.25) is 0 Å². The molecule has 3 rings (SSSR count). The van der Waals surface area contributed by atoms with Gasteiger partial charge in [0.1, 0.15) is 0 Å². The van der Waals surface area contributed by atoms with E-state index in [1.807, 2.05) is 18.2 Å². The second-order valence-electron chi connectivity index (χ2n) is 5.75. The van der Waals surface area contributed by atoms with Gasteiger partial charge in [-0.1, -0.05) is 6.92 Å². The lowest BCUT2D eigenvalue weighted by Gasteiger charge is -2.29. The lowest BCUT2D eigenvalue weighted by atomic mass is 10.00. The number of hydrogen-bond donors (Lipinski definition) is 0. The van der Waals surface area contributed by atoms with Crippen molar-refractivity contribution in [1.29, 1.82) is 0 Å². The van der Waals surface area contributed by atoms with Crippen LogP contribution in [-0.4, -0.2) is 32.3 Å². The summed E-state index contributed by atoms with van der Waals surface area (Å²) >= 11 is 1.72. The maximum absolute atomic E-state index is 5.37. The minimum absolute atomic E-state index is 0.737. The summed E-state index contributed by atoms with van der Waals surface area (Å²) < 4.78 is 10.7. The van der Waals surface area contributed by atoms with E-state index in [-0.39, 0.29) is 0 Å². The van der Waals surface area contributed by atoms with Crippen LogP contribution in [0.15, 0.2) is 23.6 Å². The van der Waals surface area contributed by atoms with Gasteiger partial charge in [-0.2, -0.15) is 0 Å². The molecule has 2 aromatic rings. The van der Waals surface area contributed by atoms with Gasteiger partial charge in [0.15, 0.2) is 16.6 Å². The molecule has 4 nitrogen and oxygen atoms in total. The molecule has 0 saturated carbocycles. The predicted molar refractivity (Wildman–Crippen MR) is 91.3 cm³/mol. The Balaban J connectivity index is 1.81. The van der Waals surface area contributed by atoms with Gasteiger partial charge in [-0.25, -0.2) is 4.98 Å². The van der Waals surface area contributed by atoms with E-state index in [0.29, 0.717) is 0 Å². The van der Waals surface area contributed by atoms with Crippen LogP contribution in [0.5, 0.6) is 11.5 Å². The Morgan fingerprint density at radius 3 is 2.55 bits per heavy atom. The molecule has 1 aliphatic heterocycles. The van der Waals surface area contributed by atoms with E-state index < -0.39 is 0 Å². The van der Waals surface area contributed by atoms with Crippen molar-refractivity contribution in [1.82, 2.24) is 4.98 Å². The second kappa shape index (κ2) is 6.57. The molecule has 2 heterocycles. The number of anilines is 1. The molecule has 0 bridgehead atoms. The Kier molecular flexibility index (Phi) is 4.52. The van der Waals surface area contributed by atoms with Gasteiger partial charge in [0.2, 0.25) is 0 Å². The van der Waals surface area contributed by atoms with Crippen molar-refractivity contribution in [3.8, 4) is 22.8 Å². The topological polar surface area (TPSA) is 34.6 Å². The maximum Gasteiger partial charge on any atom is 0.185 e. The van der Waals surface area contributed by atoms with Crippen LogP contribution in [0.2, 0.25) is 0 Å². The first-order chi connectivity index (χ1) is 10.7. The van der Waals surface area contributed by atoms with E-state index in [9.17, 15) is 0 Å². The zero-order valence-electron chi connectivity index (χ0n) is 13.3. The molecule has 0 N–H and O–H groups in total. The number of piperidine rings is 1. The first-order valence-corrected chi connectivity index (χ1v) is 8.52. The molecule has 0 aliphatic carbocycles. The van der Waals surface area contributed by atoms with E-state index in [0.717, 1.165) is 46.9 Å². The maximum atomic E-state index is 5.37. The average molecular weight is 318 g/mol. The molecule has 22 heavy (non-hydrogen) atoms. The largest absolute Gasteiger partial charge is 0.493 e. The normalized spacial score (nSPS) is 15.9. The standard InChI is InChI=1S/C17H22N2O2S/c1-12-6-8-19(9-7-12)17-18-14(11-22-17)13-4-5-15(20-2)16(10-13)21-3/h4-5,10-12H,6-9H2,1-3H3. The van der Waals surface area contributed by atoms with Crippen molar-refractivity contribution in [2.45, 2.75) is 19.8 Å². The molecular weight excluding hydrogens is 296 g/mol. The van der Waals surface area contributed by atoms with Gasteiger partial charge >= 0.3 is 0 Å². The summed E-state index contributed by atoms with van der Waals surface area (Å²) in [5.41, 5.74) is 2.06. The average Bonchev–Trinajstić information content (AvgIpc) is 3.05. The Morgan fingerprint density at radius 1 is 1.14 bits per heavy atom. The highest BCUT2D eigenvalue weighted by atomic mass is 32.1. The summed E-state index contributed by atoms with van der Waals surface area (Å²) in [5, 5.41) is 3.24. The summed E-state index contributed by atoms with van der Waals surface area (Å²) in [6.45, 7) is 4.55. The SMILES string of the molecule is COc1ccc(-c2csc(N3CCC(C)CC3)n2)cc1OC. The minimum Gasteiger partial charge on any atom is -0.493 e. The molecule has 0 amide bonds. The Morgan fingerprint density at radius 2 is 1.86 bits per heavy atom. The highest BCUT2D eigenvalue weighted by Crippen LogP contribution is 2.35. The van der Waals surface area contributed by atoms with Crippen LogP contribution in [-0.2, 0) is 0 Å². The molecular formula is C17H22N2O2S. The molecule has 1 aromatic heterocycles. The first-order valence-electron chi connectivity index (χ1n) is 7.64. The highest BCUT2D eigenvalue weighted by molar-refractivity contribution is 7.14. The highest BCUT2D eigenvalue weighted by Gasteiger charge is 2.19. The van der Waals surface area contributed by atoms with Crippen LogP contribution in [0.4, 0.5) is 5.13 Å². The Labute approximate surface area is 135 Å². The van der Waals surface area contributed by atoms with Crippen molar-refractivity contribution in [2.75, 3.05) is 32.2 Å². The zero-order valence-corrected chi connectivity index (χ0v) is 14.2. The Bertz CT molecular complexity index is 633. The van der Waals surface area contributed by atoms with Crippen LogP contribution in [0.1, 0.15) is 19.8 Å². The summed E-state index contributed by atoms with van der Waals surface area (Å²) in [5.74, 6) is 2.31. The van der Waals surface area contributed by atoms with Crippen molar-refractivity contribution in [3.63, 3.8) is 0 Å². The number of ether oxygens (including phenoxy) is 2. The molecule has 1 fully saturated rings. The summed E-state index contributed by atoms with van der Waals surface area (Å²) in [7, 11) is 3.30. The number of methoxy groups -OCH3 is 2. The summed E-state index contributed by atoms with van der Waals surface area (Å²) in [4.78, 5) is 7.21. The van der Waals surface area contributed by atoms with E-state index in [2.05, 4.69) is 17.2 Å². The molecule has 5 heteroatoms. The summed E-state index contributed by atoms with van der Waals surface area (Å²) in [6, 6.07) is 5.93. The van der Waals surface area contributed by atoms with Gasteiger partial charge in [-0.15, -0.1) is 11.3 Å². The fourth-order valence-electron chi connectivity index (χ4n) is 2.74. The predicted octanol–water partition coefficient (Wildman–Crippen LogP) is 4.06. The number of thiazole rings is 1. The lowest BCUT2D eigenvalue weighted by molar-refractivity contribution is 0.355. The van der Waals surface area contributed by atoms with Crippen molar-refractivity contribution in [3.05, 3.63) is 23.6 Å². The van der Waals surface area contributed by atoms with Crippen molar-refractivity contribution in [2.24, 2.45) is 5.92 Å². The fourth-order valence-corrected chi connectivity index (χ4v) is 3.63. The number of hydrogen-bond acceptors (Lipinski definition) is 5. The van der Waals surface area contributed by atoms with Crippen LogP contribution >= 0.6 is 11.3 Å². The third kappa shape index (κ3) is 3.04. The van der Waals surface area contributed by atoms with Crippen LogP contribution < -0.4 is 14.4 Å². The van der Waals surface area contributed by atoms with E-state index in [1.165, 1.54) is 12.8 Å². The van der Waals surface area contributed by atoms with Crippen LogP contribution in [0.25, 0.3) is 11.3 Å². The number of aromatic nitrogens is 1. The fraction of sp³-hybridized carbons (Fsp3) is 0.471. The van der Waals surface area contributed by atoms with Gasteiger partial charge < -0.3 is 14.4 Å². The molecule has 0 radical (unpaired) electrons. The molecule has 0 unspecified atom stereocenters. The Hall–Kier alpha value is -1.75. The molecule has 1 aliphatic rings. The van der Waals surface area contributed by atoms with E-state index in [4.69, 9.17) is 14.5 Å². The zero-order chi connectivity index (χ0) is 15.5. The molecule has 1 aromatic carbocycles. The van der Waals surface area contributed by atoms with Gasteiger partial charge in [0.25, 0.3) is 0 Å². The first kappa shape index (κ1) is 15.2. The molecule has 118 valence electrons. The van der Waals surface area contributed by atoms with E-state index in [1.54, 1.807) is 25.6 Å². The number of rotatable bonds is 4. The smallest absolute Gasteiger partial charge is 0.185 e. The molecule has 0 spiro atoms. The third-order valence-corrected chi connectivity index (χ3v) is 5.13. The third-order valence-electron chi connectivity index (χ3n) is 4.23. The van der Waals surface area contributed by atoms with Crippen molar-refractivity contribution >= 4 is 16.5 Å². The minimum atomic E-state index is 0.737. The number of nitrogens with zero attached hydrogens (tertiary/aromatic N) is 2. The number of benzene rings is 1. The quantitative estimate of drug-likeness (QED) is 0.851. The van der Waals surface area contributed by atoms with Crippen molar-refractivity contribution < 1.29 is 9.47 Å². The van der Waals surface area contributed by atoms with Crippen LogP contribution in [0.3, 0.4) is 0 Å².